The number of pyridine rings is 2. The van der Waals surface area contributed by atoms with Gasteiger partial charge < -0.3 is 15.3 Å². The number of imidazole rings is 1. The van der Waals surface area contributed by atoms with E-state index in [9.17, 15) is 13.5 Å². The Bertz CT molecular complexity index is 2340. The first-order valence-electron chi connectivity index (χ1n) is 15.7. The first kappa shape index (κ1) is 32.3. The van der Waals surface area contributed by atoms with E-state index < -0.39 is 38.6 Å². The van der Waals surface area contributed by atoms with Crippen molar-refractivity contribution in [3.63, 3.8) is 0 Å². The predicted molar refractivity (Wildman–Crippen MR) is 183 cm³/mol. The van der Waals surface area contributed by atoms with Crippen LogP contribution in [0.5, 0.6) is 0 Å². The summed E-state index contributed by atoms with van der Waals surface area (Å²) in [4.78, 5) is 24.6. The average molecular weight is 686 g/mol. The molecule has 0 spiro atoms. The third-order valence-electron chi connectivity index (χ3n) is 9.23. The summed E-state index contributed by atoms with van der Waals surface area (Å²) in [6, 6.07) is 12.0. The summed E-state index contributed by atoms with van der Waals surface area (Å²) in [7, 11) is -4.20. The van der Waals surface area contributed by atoms with Crippen molar-refractivity contribution in [3.05, 3.63) is 90.1 Å². The Kier molecular flexibility index (Phi) is 8.11. The van der Waals surface area contributed by atoms with Gasteiger partial charge in [-0.1, -0.05) is 19.1 Å². The molecule has 7 rings (SSSR count). The first-order chi connectivity index (χ1) is 23.5. The normalized spacial score (nSPS) is 14.8. The molecule has 3 N–H and O–H groups in total. The summed E-state index contributed by atoms with van der Waals surface area (Å²) in [6.07, 6.45) is 6.51. The summed E-state index contributed by atoms with van der Waals surface area (Å²) in [5.41, 5.74) is 1.55. The van der Waals surface area contributed by atoms with Crippen molar-refractivity contribution >= 4 is 55.1 Å². The fourth-order valence-corrected chi connectivity index (χ4v) is 7.45. The minimum absolute atomic E-state index is 0.00249. The minimum atomic E-state index is -4.20. The molecule has 6 aromatic rings. The van der Waals surface area contributed by atoms with Gasteiger partial charge in [-0.25, -0.2) is 42.1 Å². The van der Waals surface area contributed by atoms with Gasteiger partial charge >= 0.3 is 0 Å². The number of benzene rings is 2. The summed E-state index contributed by atoms with van der Waals surface area (Å²) in [5, 5.41) is 13.4. The summed E-state index contributed by atoms with van der Waals surface area (Å²) < 4.78 is 61.4. The lowest BCUT2D eigenvalue weighted by Crippen LogP contribution is -2.44. The molecule has 1 fully saturated rings. The SMILES string of the molecule is CCC1(O)CCN(c2nccc3c2ncn3-c2ccc3ncnc(Nc4c(F)ccc(NS(=O)(=O)c5cccc(C)c5C)c4F)c3n2)CC1. The number of rotatable bonds is 8. The molecule has 0 amide bonds. The highest BCUT2D eigenvalue weighted by molar-refractivity contribution is 7.92. The number of aliphatic hydroxyl groups is 1. The Morgan fingerprint density at radius 1 is 0.959 bits per heavy atom. The molecule has 252 valence electrons. The van der Waals surface area contributed by atoms with Gasteiger partial charge in [0.1, 0.15) is 41.0 Å². The molecule has 1 aliphatic rings. The van der Waals surface area contributed by atoms with Gasteiger partial charge in [-0.3, -0.25) is 9.29 Å². The van der Waals surface area contributed by atoms with Gasteiger partial charge in [0, 0.05) is 19.3 Å². The fraction of sp³-hybridized carbons (Fsp3) is 0.265. The van der Waals surface area contributed by atoms with Gasteiger partial charge in [0.25, 0.3) is 10.0 Å². The Balaban J connectivity index is 1.22. The van der Waals surface area contributed by atoms with Crippen LogP contribution in [0.1, 0.15) is 37.3 Å². The monoisotopic (exact) mass is 685 g/mol. The molecule has 0 aliphatic carbocycles. The number of aromatic nitrogens is 6. The molecule has 0 radical (unpaired) electrons. The van der Waals surface area contributed by atoms with E-state index >= 15 is 8.78 Å². The molecular weight excluding hydrogens is 652 g/mol. The number of hydrogen-bond donors (Lipinski definition) is 3. The second-order valence-corrected chi connectivity index (χ2v) is 13.8. The van der Waals surface area contributed by atoms with E-state index in [1.54, 1.807) is 55.2 Å². The van der Waals surface area contributed by atoms with E-state index in [1.165, 1.54) is 12.4 Å². The van der Waals surface area contributed by atoms with Crippen LogP contribution in [-0.2, 0) is 10.0 Å². The molecule has 0 atom stereocenters. The number of piperidine rings is 1. The zero-order valence-corrected chi connectivity index (χ0v) is 27.8. The van der Waals surface area contributed by atoms with Crippen molar-refractivity contribution in [2.24, 2.45) is 0 Å². The number of sulfonamides is 1. The topological polar surface area (TPSA) is 151 Å². The minimum Gasteiger partial charge on any atom is -0.390 e. The summed E-state index contributed by atoms with van der Waals surface area (Å²) in [5.74, 6) is -0.971. The van der Waals surface area contributed by atoms with Crippen LogP contribution in [0.4, 0.5) is 31.8 Å². The molecule has 5 heterocycles. The molecule has 1 aliphatic heterocycles. The first-order valence-corrected chi connectivity index (χ1v) is 17.2. The van der Waals surface area contributed by atoms with Crippen LogP contribution in [0.25, 0.3) is 27.9 Å². The van der Waals surface area contributed by atoms with E-state index in [2.05, 4.69) is 34.9 Å². The molecule has 49 heavy (non-hydrogen) atoms. The van der Waals surface area contributed by atoms with Crippen LogP contribution in [0.3, 0.4) is 0 Å². The lowest BCUT2D eigenvalue weighted by molar-refractivity contribution is 0.0125. The number of nitrogens with one attached hydrogen (secondary N) is 2. The highest BCUT2D eigenvalue weighted by Crippen LogP contribution is 2.34. The molecule has 2 aromatic carbocycles. The van der Waals surface area contributed by atoms with E-state index in [0.29, 0.717) is 60.6 Å². The quantitative estimate of drug-likeness (QED) is 0.176. The lowest BCUT2D eigenvalue weighted by atomic mass is 9.89. The van der Waals surface area contributed by atoms with Crippen molar-refractivity contribution in [3.8, 4) is 5.82 Å². The molecule has 1 saturated heterocycles. The van der Waals surface area contributed by atoms with Gasteiger partial charge in [-0.05, 0) is 80.6 Å². The van der Waals surface area contributed by atoms with E-state index in [4.69, 9.17) is 4.98 Å². The number of nitrogens with zero attached hydrogens (tertiary/aromatic N) is 7. The van der Waals surface area contributed by atoms with Crippen LogP contribution >= 0.6 is 0 Å². The van der Waals surface area contributed by atoms with Gasteiger partial charge in [0.15, 0.2) is 17.5 Å². The second kappa shape index (κ2) is 12.3. The van der Waals surface area contributed by atoms with Crippen LogP contribution < -0.4 is 14.9 Å². The van der Waals surface area contributed by atoms with Crippen LogP contribution in [-0.4, -0.2) is 61.7 Å². The van der Waals surface area contributed by atoms with Gasteiger partial charge in [0.2, 0.25) is 0 Å². The smallest absolute Gasteiger partial charge is 0.262 e. The number of aryl methyl sites for hydroxylation is 1. The maximum absolute atomic E-state index is 15.8. The number of halogens is 2. The predicted octanol–water partition coefficient (Wildman–Crippen LogP) is 5.94. The molecule has 15 heteroatoms. The third kappa shape index (κ3) is 5.88. The molecule has 12 nitrogen and oxygen atoms in total. The molecule has 0 bridgehead atoms. The Hall–Kier alpha value is -5.28. The molecule has 0 unspecified atom stereocenters. The maximum atomic E-state index is 15.8. The van der Waals surface area contributed by atoms with E-state index in [-0.39, 0.29) is 16.2 Å². The Labute approximate surface area is 281 Å². The molecule has 4 aromatic heterocycles. The highest BCUT2D eigenvalue weighted by atomic mass is 32.2. The Morgan fingerprint density at radius 3 is 2.53 bits per heavy atom. The van der Waals surface area contributed by atoms with Crippen LogP contribution in [0.2, 0.25) is 0 Å². The van der Waals surface area contributed by atoms with E-state index in [1.807, 2.05) is 13.0 Å². The fourth-order valence-electron chi connectivity index (χ4n) is 6.07. The van der Waals surface area contributed by atoms with Gasteiger partial charge in [-0.15, -0.1) is 0 Å². The van der Waals surface area contributed by atoms with Crippen molar-refractivity contribution in [1.29, 1.82) is 0 Å². The third-order valence-corrected chi connectivity index (χ3v) is 10.7. The lowest BCUT2D eigenvalue weighted by Gasteiger charge is -2.38. The highest BCUT2D eigenvalue weighted by Gasteiger charge is 2.32. The van der Waals surface area contributed by atoms with Gasteiger partial charge in [0.05, 0.1) is 27.2 Å². The molecular formula is C34H33F2N9O3S. The maximum Gasteiger partial charge on any atom is 0.262 e. The number of hydrogen-bond acceptors (Lipinski definition) is 10. The van der Waals surface area contributed by atoms with Crippen molar-refractivity contribution < 1.29 is 22.3 Å². The van der Waals surface area contributed by atoms with Crippen molar-refractivity contribution in [2.45, 2.75) is 50.5 Å². The number of anilines is 4. The average Bonchev–Trinajstić information content (AvgIpc) is 3.54. The largest absolute Gasteiger partial charge is 0.390 e. The standard InChI is InChI=1S/C34H33F2N9O3S/c1-4-34(46)13-16-44(17-14-34)33-31-25(12-15-37-33)45(19-40-31)27-11-10-24-30(41-27)32(39-18-38-24)42-29-22(35)8-9-23(28(29)36)43-49(47,48)26-7-5-6-20(2)21(26)3/h5-12,15,18-19,43,46H,4,13-14,16-17H2,1-3H3,(H,38,39,42). The van der Waals surface area contributed by atoms with E-state index in [0.717, 1.165) is 23.2 Å². The summed E-state index contributed by atoms with van der Waals surface area (Å²) in [6.45, 7) is 6.70. The van der Waals surface area contributed by atoms with Crippen LogP contribution in [0.15, 0.2) is 72.3 Å². The van der Waals surface area contributed by atoms with Crippen molar-refractivity contribution in [1.82, 2.24) is 29.5 Å². The summed E-state index contributed by atoms with van der Waals surface area (Å²) >= 11 is 0. The number of fused-ring (bicyclic) bond motifs is 2. The zero-order chi connectivity index (χ0) is 34.5. The van der Waals surface area contributed by atoms with Crippen LogP contribution in [0, 0.1) is 25.5 Å². The van der Waals surface area contributed by atoms with Gasteiger partial charge in [-0.2, -0.15) is 0 Å². The Morgan fingerprint density at radius 2 is 1.76 bits per heavy atom. The zero-order valence-electron chi connectivity index (χ0n) is 26.9. The molecule has 0 saturated carbocycles. The second-order valence-electron chi connectivity index (χ2n) is 12.2. The van der Waals surface area contributed by atoms with Crippen molar-refractivity contribution in [2.75, 3.05) is 28.0 Å².